The number of hydrogen-bond acceptors (Lipinski definition) is 4. The minimum Gasteiger partial charge on any atom is -0.390 e. The predicted molar refractivity (Wildman–Crippen MR) is 63.2 cm³/mol. The summed E-state index contributed by atoms with van der Waals surface area (Å²) in [5, 5.41) is 13.0. The normalized spacial score (nSPS) is 25.1. The lowest BCUT2D eigenvalue weighted by Gasteiger charge is -2.30. The van der Waals surface area contributed by atoms with Crippen LogP contribution < -0.4 is 5.32 Å². The fraction of sp³-hybridized carbons (Fsp3) is 0.909. The maximum atomic E-state index is 11.7. The second kappa shape index (κ2) is 6.18. The summed E-state index contributed by atoms with van der Waals surface area (Å²) in [5.74, 6) is 0.0903. The van der Waals surface area contributed by atoms with E-state index in [1.165, 1.54) is 0 Å². The zero-order chi connectivity index (χ0) is 12.1. The first-order chi connectivity index (χ1) is 7.56. The van der Waals surface area contributed by atoms with Crippen LogP contribution in [-0.4, -0.2) is 73.2 Å². The second-order valence-corrected chi connectivity index (χ2v) is 4.55. The maximum absolute atomic E-state index is 11.7. The summed E-state index contributed by atoms with van der Waals surface area (Å²) < 4.78 is 0. The van der Waals surface area contributed by atoms with Gasteiger partial charge >= 0.3 is 0 Å². The van der Waals surface area contributed by atoms with Gasteiger partial charge in [-0.3, -0.25) is 9.69 Å². The predicted octanol–water partition coefficient (Wildman–Crippen LogP) is -0.881. The van der Waals surface area contributed by atoms with Crippen LogP contribution in [0.3, 0.4) is 0 Å². The van der Waals surface area contributed by atoms with Gasteiger partial charge in [-0.15, -0.1) is 0 Å². The van der Waals surface area contributed by atoms with Crippen LogP contribution in [0.15, 0.2) is 0 Å². The minimum atomic E-state index is -0.360. The Morgan fingerprint density at radius 2 is 2.12 bits per heavy atom. The Kier molecular flexibility index (Phi) is 5.18. The third-order valence-electron chi connectivity index (χ3n) is 2.97. The SMILES string of the molecule is CCCN(CC(=O)N(C)C)C1CNCC1O. The molecule has 0 spiro atoms. The lowest BCUT2D eigenvalue weighted by molar-refractivity contribution is -0.130. The molecule has 0 aromatic carbocycles. The number of β-amino-alcohol motifs (C(OH)–C–C–N with tert-alkyl or cyclic N) is 1. The summed E-state index contributed by atoms with van der Waals surface area (Å²) in [7, 11) is 3.52. The van der Waals surface area contributed by atoms with Crippen molar-refractivity contribution in [1.82, 2.24) is 15.1 Å². The topological polar surface area (TPSA) is 55.8 Å². The highest BCUT2D eigenvalue weighted by Gasteiger charge is 2.31. The standard InChI is InChI=1S/C11H23N3O2/c1-4-5-14(8-11(16)13(2)3)9-6-12-7-10(9)15/h9-10,12,15H,4-8H2,1-3H3. The van der Waals surface area contributed by atoms with Crippen LogP contribution in [0, 0.1) is 0 Å². The molecule has 16 heavy (non-hydrogen) atoms. The van der Waals surface area contributed by atoms with E-state index in [1.807, 2.05) is 0 Å². The van der Waals surface area contributed by atoms with E-state index in [-0.39, 0.29) is 18.1 Å². The van der Waals surface area contributed by atoms with E-state index < -0.39 is 0 Å². The van der Waals surface area contributed by atoms with Gasteiger partial charge in [0.2, 0.25) is 5.91 Å². The van der Waals surface area contributed by atoms with Gasteiger partial charge in [-0.25, -0.2) is 0 Å². The first-order valence-electron chi connectivity index (χ1n) is 5.89. The smallest absolute Gasteiger partial charge is 0.236 e. The third-order valence-corrected chi connectivity index (χ3v) is 2.97. The van der Waals surface area contributed by atoms with Crippen LogP contribution in [-0.2, 0) is 4.79 Å². The molecule has 0 aliphatic carbocycles. The monoisotopic (exact) mass is 229 g/mol. The van der Waals surface area contributed by atoms with Gasteiger partial charge in [-0.05, 0) is 13.0 Å². The van der Waals surface area contributed by atoms with Crippen molar-refractivity contribution in [1.29, 1.82) is 0 Å². The van der Waals surface area contributed by atoms with Crippen molar-refractivity contribution in [3.05, 3.63) is 0 Å². The van der Waals surface area contributed by atoms with E-state index >= 15 is 0 Å². The van der Waals surface area contributed by atoms with Gasteiger partial charge < -0.3 is 15.3 Å². The zero-order valence-corrected chi connectivity index (χ0v) is 10.4. The van der Waals surface area contributed by atoms with Crippen molar-refractivity contribution in [2.24, 2.45) is 0 Å². The molecule has 0 aromatic heterocycles. The van der Waals surface area contributed by atoms with Crippen molar-refractivity contribution in [3.8, 4) is 0 Å². The van der Waals surface area contributed by atoms with Crippen molar-refractivity contribution >= 4 is 5.91 Å². The molecule has 5 heteroatoms. The van der Waals surface area contributed by atoms with Gasteiger partial charge in [-0.1, -0.05) is 6.92 Å². The molecule has 94 valence electrons. The Morgan fingerprint density at radius 1 is 1.44 bits per heavy atom. The highest BCUT2D eigenvalue weighted by Crippen LogP contribution is 2.10. The number of nitrogens with zero attached hydrogens (tertiary/aromatic N) is 2. The molecule has 1 heterocycles. The molecule has 1 fully saturated rings. The number of amides is 1. The summed E-state index contributed by atoms with van der Waals surface area (Å²) >= 11 is 0. The van der Waals surface area contributed by atoms with Crippen molar-refractivity contribution in [3.63, 3.8) is 0 Å². The summed E-state index contributed by atoms with van der Waals surface area (Å²) in [6, 6.07) is 0.0730. The second-order valence-electron chi connectivity index (χ2n) is 4.55. The summed E-state index contributed by atoms with van der Waals surface area (Å²) in [6.45, 7) is 4.72. The van der Waals surface area contributed by atoms with Crippen LogP contribution in [0.1, 0.15) is 13.3 Å². The molecule has 0 radical (unpaired) electrons. The Bertz CT molecular complexity index is 233. The van der Waals surface area contributed by atoms with E-state index in [0.717, 1.165) is 19.5 Å². The molecule has 2 atom stereocenters. The van der Waals surface area contributed by atoms with Crippen LogP contribution in [0.2, 0.25) is 0 Å². The molecule has 0 aromatic rings. The zero-order valence-electron chi connectivity index (χ0n) is 10.4. The lowest BCUT2D eigenvalue weighted by Crippen LogP contribution is -2.48. The number of hydrogen-bond donors (Lipinski definition) is 2. The number of carbonyl (C=O) groups excluding carboxylic acids is 1. The molecule has 1 saturated heterocycles. The van der Waals surface area contributed by atoms with Crippen LogP contribution in [0.4, 0.5) is 0 Å². The van der Waals surface area contributed by atoms with Gasteiger partial charge in [0.05, 0.1) is 12.6 Å². The molecule has 5 nitrogen and oxygen atoms in total. The van der Waals surface area contributed by atoms with Gasteiger partial charge in [0.1, 0.15) is 0 Å². The van der Waals surface area contributed by atoms with E-state index in [2.05, 4.69) is 17.1 Å². The van der Waals surface area contributed by atoms with Gasteiger partial charge in [-0.2, -0.15) is 0 Å². The largest absolute Gasteiger partial charge is 0.390 e. The Labute approximate surface area is 97.4 Å². The highest BCUT2D eigenvalue weighted by molar-refractivity contribution is 5.77. The minimum absolute atomic E-state index is 0.0730. The Hall–Kier alpha value is -0.650. The highest BCUT2D eigenvalue weighted by atomic mass is 16.3. The average molecular weight is 229 g/mol. The average Bonchev–Trinajstić information content (AvgIpc) is 2.63. The molecular formula is C11H23N3O2. The number of carbonyl (C=O) groups is 1. The summed E-state index contributed by atoms with van der Waals surface area (Å²) in [6.07, 6.45) is 0.630. The number of nitrogens with one attached hydrogen (secondary N) is 1. The molecule has 1 aliphatic heterocycles. The molecule has 0 saturated carbocycles. The number of aliphatic hydroxyl groups is 1. The Morgan fingerprint density at radius 3 is 2.56 bits per heavy atom. The fourth-order valence-corrected chi connectivity index (χ4v) is 1.99. The van der Waals surface area contributed by atoms with Gasteiger partial charge in [0.25, 0.3) is 0 Å². The first-order valence-corrected chi connectivity index (χ1v) is 5.89. The van der Waals surface area contributed by atoms with Crippen LogP contribution in [0.5, 0.6) is 0 Å². The van der Waals surface area contributed by atoms with E-state index in [0.29, 0.717) is 13.1 Å². The summed E-state index contributed by atoms with van der Waals surface area (Å²) in [5.41, 5.74) is 0. The number of aliphatic hydroxyl groups excluding tert-OH is 1. The molecular weight excluding hydrogens is 206 g/mol. The van der Waals surface area contributed by atoms with Crippen molar-refractivity contribution in [2.75, 3.05) is 40.3 Å². The fourth-order valence-electron chi connectivity index (χ4n) is 1.99. The van der Waals surface area contributed by atoms with Crippen LogP contribution >= 0.6 is 0 Å². The maximum Gasteiger partial charge on any atom is 0.236 e. The van der Waals surface area contributed by atoms with E-state index in [9.17, 15) is 9.90 Å². The Balaban J connectivity index is 2.56. The molecule has 2 N–H and O–H groups in total. The van der Waals surface area contributed by atoms with Gasteiger partial charge in [0.15, 0.2) is 0 Å². The molecule has 2 unspecified atom stereocenters. The van der Waals surface area contributed by atoms with E-state index in [1.54, 1.807) is 19.0 Å². The molecule has 0 bridgehead atoms. The van der Waals surface area contributed by atoms with E-state index in [4.69, 9.17) is 0 Å². The quantitative estimate of drug-likeness (QED) is 0.643. The summed E-state index contributed by atoms with van der Waals surface area (Å²) in [4.78, 5) is 15.3. The van der Waals surface area contributed by atoms with Crippen LogP contribution in [0.25, 0.3) is 0 Å². The lowest BCUT2D eigenvalue weighted by atomic mass is 10.1. The van der Waals surface area contributed by atoms with Crippen molar-refractivity contribution < 1.29 is 9.90 Å². The third kappa shape index (κ3) is 3.43. The van der Waals surface area contributed by atoms with Crippen molar-refractivity contribution in [2.45, 2.75) is 25.5 Å². The number of rotatable bonds is 5. The van der Waals surface area contributed by atoms with Gasteiger partial charge in [0, 0.05) is 33.2 Å². The first kappa shape index (κ1) is 13.4. The number of likely N-dealkylation sites (N-methyl/N-ethyl adjacent to an activating group) is 1. The molecule has 1 amide bonds. The molecule has 1 aliphatic rings. The molecule has 1 rings (SSSR count).